The highest BCUT2D eigenvalue weighted by Crippen LogP contribution is 2.07. The van der Waals surface area contributed by atoms with Gasteiger partial charge in [0.25, 0.3) is 0 Å². The second kappa shape index (κ2) is 5.31. The molecule has 0 unspecified atom stereocenters. The highest BCUT2D eigenvalue weighted by Gasteiger charge is 1.92. The molecule has 0 saturated carbocycles. The summed E-state index contributed by atoms with van der Waals surface area (Å²) in [4.78, 5) is 8.48. The van der Waals surface area contributed by atoms with E-state index in [1.165, 1.54) is 0 Å². The van der Waals surface area contributed by atoms with Gasteiger partial charge >= 0.3 is 0 Å². The Morgan fingerprint density at radius 3 is 2.74 bits per heavy atom. The van der Waals surface area contributed by atoms with Crippen molar-refractivity contribution in [3.8, 4) is 0 Å². The number of fused-ring (bicyclic) bond motifs is 1. The summed E-state index contributed by atoms with van der Waals surface area (Å²) >= 11 is 0. The van der Waals surface area contributed by atoms with Crippen LogP contribution < -0.4 is 0 Å². The van der Waals surface area contributed by atoms with Crippen LogP contribution in [0.4, 0.5) is 0 Å². The molecule has 0 bridgehead atoms. The fraction of sp³-hybridized carbons (Fsp3) is 0. The third kappa shape index (κ3) is 2.77. The minimum Gasteiger partial charge on any atom is -0.307 e. The van der Waals surface area contributed by atoms with Gasteiger partial charge in [0.05, 0.1) is 5.69 Å². The van der Waals surface area contributed by atoms with Gasteiger partial charge in [0, 0.05) is 24.8 Å². The largest absolute Gasteiger partial charge is 0.307 e. The molecule has 3 aromatic heterocycles. The third-order valence-corrected chi connectivity index (χ3v) is 2.78. The van der Waals surface area contributed by atoms with Crippen LogP contribution in [0.15, 0.2) is 67.3 Å². The van der Waals surface area contributed by atoms with Crippen molar-refractivity contribution in [3.63, 3.8) is 0 Å². The summed E-state index contributed by atoms with van der Waals surface area (Å²) in [5.74, 6) is 0. The summed E-state index contributed by atoms with van der Waals surface area (Å²) in [5.41, 5.74) is 3.04. The van der Waals surface area contributed by atoms with Crippen LogP contribution in [0.1, 0.15) is 11.3 Å². The van der Waals surface area contributed by atoms with Crippen LogP contribution in [-0.4, -0.2) is 14.4 Å². The molecule has 0 amide bonds. The van der Waals surface area contributed by atoms with Crippen molar-refractivity contribution in [3.05, 3.63) is 78.5 Å². The van der Waals surface area contributed by atoms with E-state index in [1.54, 1.807) is 12.4 Å². The Bertz CT molecular complexity index is 724. The molecule has 0 fully saturated rings. The molecule has 0 radical (unpaired) electrons. The Balaban J connectivity index is 1.73. The number of hydrogen-bond donors (Lipinski definition) is 0. The number of allylic oxidation sites excluding steroid dienone is 2. The molecule has 0 saturated heterocycles. The van der Waals surface area contributed by atoms with Crippen molar-refractivity contribution in [2.75, 3.05) is 0 Å². The summed E-state index contributed by atoms with van der Waals surface area (Å²) in [6.07, 6.45) is 15.5. The topological polar surface area (TPSA) is 30.2 Å². The maximum Gasteiger partial charge on any atom is 0.137 e. The lowest BCUT2D eigenvalue weighted by atomic mass is 10.2. The highest BCUT2D eigenvalue weighted by atomic mass is 15.0. The van der Waals surface area contributed by atoms with Gasteiger partial charge in [-0.2, -0.15) is 0 Å². The first-order chi connectivity index (χ1) is 9.42. The van der Waals surface area contributed by atoms with Gasteiger partial charge in [0.15, 0.2) is 0 Å². The van der Waals surface area contributed by atoms with E-state index in [0.717, 1.165) is 16.9 Å². The van der Waals surface area contributed by atoms with Gasteiger partial charge in [-0.25, -0.2) is 4.98 Å². The second-order valence-corrected chi connectivity index (χ2v) is 4.13. The first-order valence-corrected chi connectivity index (χ1v) is 6.10. The SMILES string of the molecule is C(/C=C/c1ccccn1)=C\c1ccn2ccnc2c1. The molecular formula is C16H13N3. The normalized spacial score (nSPS) is 11.8. The zero-order valence-corrected chi connectivity index (χ0v) is 10.3. The van der Waals surface area contributed by atoms with E-state index in [9.17, 15) is 0 Å². The van der Waals surface area contributed by atoms with Crippen molar-refractivity contribution in [2.24, 2.45) is 0 Å². The quantitative estimate of drug-likeness (QED) is 0.663. The Labute approximate surface area is 111 Å². The lowest BCUT2D eigenvalue weighted by Crippen LogP contribution is -1.82. The number of hydrogen-bond acceptors (Lipinski definition) is 2. The van der Waals surface area contributed by atoms with E-state index in [0.29, 0.717) is 0 Å². The number of nitrogens with zero attached hydrogens (tertiary/aromatic N) is 3. The molecule has 0 aliphatic rings. The first kappa shape index (κ1) is 11.4. The van der Waals surface area contributed by atoms with Gasteiger partial charge in [0.2, 0.25) is 0 Å². The summed E-state index contributed by atoms with van der Waals surface area (Å²) in [6, 6.07) is 9.96. The predicted octanol–water partition coefficient (Wildman–Crippen LogP) is 3.46. The number of imidazole rings is 1. The Morgan fingerprint density at radius 2 is 1.84 bits per heavy atom. The van der Waals surface area contributed by atoms with Crippen molar-refractivity contribution >= 4 is 17.8 Å². The molecule has 19 heavy (non-hydrogen) atoms. The maximum absolute atomic E-state index is 4.26. The summed E-state index contributed by atoms with van der Waals surface area (Å²) < 4.78 is 1.99. The number of aromatic nitrogens is 3. The van der Waals surface area contributed by atoms with Crippen LogP contribution in [-0.2, 0) is 0 Å². The zero-order valence-electron chi connectivity index (χ0n) is 10.3. The molecule has 0 N–H and O–H groups in total. The van der Waals surface area contributed by atoms with Crippen LogP contribution in [0.25, 0.3) is 17.8 Å². The van der Waals surface area contributed by atoms with E-state index in [4.69, 9.17) is 0 Å². The standard InChI is InChI=1S/C16H13N3/c1(2-6-15-7-3-4-9-17-15)5-14-8-11-19-12-10-18-16(19)13-14/h1-13H/b5-1+,6-2+. The molecule has 3 aromatic rings. The van der Waals surface area contributed by atoms with Crippen LogP contribution in [0.3, 0.4) is 0 Å². The predicted molar refractivity (Wildman–Crippen MR) is 77.5 cm³/mol. The molecule has 3 heterocycles. The Hall–Kier alpha value is -2.68. The average molecular weight is 247 g/mol. The first-order valence-electron chi connectivity index (χ1n) is 6.10. The lowest BCUT2D eigenvalue weighted by molar-refractivity contribution is 1.18. The van der Waals surface area contributed by atoms with Crippen LogP contribution >= 0.6 is 0 Å². The Kier molecular flexibility index (Phi) is 3.19. The second-order valence-electron chi connectivity index (χ2n) is 4.13. The minimum absolute atomic E-state index is 0.954. The number of rotatable bonds is 3. The van der Waals surface area contributed by atoms with Crippen molar-refractivity contribution in [2.45, 2.75) is 0 Å². The van der Waals surface area contributed by atoms with E-state index in [-0.39, 0.29) is 0 Å². The Morgan fingerprint density at radius 1 is 0.895 bits per heavy atom. The minimum atomic E-state index is 0.954. The van der Waals surface area contributed by atoms with Crippen molar-refractivity contribution in [1.29, 1.82) is 0 Å². The van der Waals surface area contributed by atoms with E-state index < -0.39 is 0 Å². The molecular weight excluding hydrogens is 234 g/mol. The molecule has 0 spiro atoms. The monoisotopic (exact) mass is 247 g/mol. The maximum atomic E-state index is 4.26. The molecule has 3 heteroatoms. The molecule has 3 rings (SSSR count). The summed E-state index contributed by atoms with van der Waals surface area (Å²) in [7, 11) is 0. The zero-order chi connectivity index (χ0) is 12.9. The smallest absolute Gasteiger partial charge is 0.137 e. The molecule has 0 aromatic carbocycles. The number of pyridine rings is 2. The van der Waals surface area contributed by atoms with Gasteiger partial charge in [-0.05, 0) is 35.9 Å². The average Bonchev–Trinajstić information content (AvgIpc) is 2.92. The van der Waals surface area contributed by atoms with E-state index in [1.807, 2.05) is 65.4 Å². The summed E-state index contributed by atoms with van der Waals surface area (Å²) in [5, 5.41) is 0. The molecule has 3 nitrogen and oxygen atoms in total. The van der Waals surface area contributed by atoms with Crippen LogP contribution in [0.5, 0.6) is 0 Å². The molecule has 92 valence electrons. The fourth-order valence-corrected chi connectivity index (χ4v) is 1.83. The molecule has 0 aliphatic heterocycles. The van der Waals surface area contributed by atoms with Crippen molar-refractivity contribution in [1.82, 2.24) is 14.4 Å². The van der Waals surface area contributed by atoms with E-state index in [2.05, 4.69) is 16.0 Å². The van der Waals surface area contributed by atoms with Crippen LogP contribution in [0, 0.1) is 0 Å². The summed E-state index contributed by atoms with van der Waals surface area (Å²) in [6.45, 7) is 0. The lowest BCUT2D eigenvalue weighted by Gasteiger charge is -1.95. The van der Waals surface area contributed by atoms with Crippen molar-refractivity contribution < 1.29 is 0 Å². The van der Waals surface area contributed by atoms with Crippen LogP contribution in [0.2, 0.25) is 0 Å². The van der Waals surface area contributed by atoms with Gasteiger partial charge in [-0.1, -0.05) is 24.3 Å². The van der Waals surface area contributed by atoms with E-state index >= 15 is 0 Å². The van der Waals surface area contributed by atoms with Gasteiger partial charge in [-0.15, -0.1) is 0 Å². The molecule has 0 atom stereocenters. The highest BCUT2D eigenvalue weighted by molar-refractivity contribution is 5.58. The van der Waals surface area contributed by atoms with Gasteiger partial charge in [0.1, 0.15) is 5.65 Å². The third-order valence-electron chi connectivity index (χ3n) is 2.78. The molecule has 0 aliphatic carbocycles. The fourth-order valence-electron chi connectivity index (χ4n) is 1.83. The van der Waals surface area contributed by atoms with Gasteiger partial charge in [-0.3, -0.25) is 4.98 Å². The van der Waals surface area contributed by atoms with Gasteiger partial charge < -0.3 is 4.40 Å².